The Morgan fingerprint density at radius 3 is 2.36 bits per heavy atom. The molecule has 3 rings (SSSR count). The largest absolute Gasteiger partial charge is 0.354 e. The molecule has 0 aliphatic rings. The van der Waals surface area contributed by atoms with Crippen LogP contribution in [0.3, 0.4) is 0 Å². The average Bonchev–Trinajstić information content (AvgIpc) is 2.65. The van der Waals surface area contributed by atoms with Crippen molar-refractivity contribution in [3.63, 3.8) is 0 Å². The van der Waals surface area contributed by atoms with Crippen molar-refractivity contribution in [3.05, 3.63) is 60.8 Å². The number of nitrogens with zero attached hydrogens (tertiary/aromatic N) is 1. The Bertz CT molecular complexity index is 849. The van der Waals surface area contributed by atoms with Crippen LogP contribution in [-0.4, -0.2) is 10.9 Å². The molecule has 1 amide bonds. The molecule has 0 radical (unpaired) electrons. The summed E-state index contributed by atoms with van der Waals surface area (Å²) < 4.78 is 0. The summed E-state index contributed by atoms with van der Waals surface area (Å²) in [5.41, 5.74) is 3.68. The summed E-state index contributed by atoms with van der Waals surface area (Å²) in [5.74, 6) is 0.156. The molecule has 0 fully saturated rings. The van der Waals surface area contributed by atoms with Gasteiger partial charge in [0.2, 0.25) is 5.91 Å². The standard InChI is InChI=1S/C21H23N3O/c1-3-15(4-2)21(25)24-18-12-10-17(11-13-18)23-19-9-5-7-16-8-6-14-22-20(16)19/h5-15,23H,3-4H2,1-2H3,(H,24,25). The summed E-state index contributed by atoms with van der Waals surface area (Å²) in [6.07, 6.45) is 3.51. The number of hydrogen-bond donors (Lipinski definition) is 2. The number of para-hydroxylation sites is 1. The van der Waals surface area contributed by atoms with Gasteiger partial charge in [0, 0.05) is 28.9 Å². The van der Waals surface area contributed by atoms with Gasteiger partial charge in [-0.15, -0.1) is 0 Å². The number of hydrogen-bond acceptors (Lipinski definition) is 3. The molecule has 2 N–H and O–H groups in total. The summed E-state index contributed by atoms with van der Waals surface area (Å²) in [7, 11) is 0. The smallest absolute Gasteiger partial charge is 0.227 e. The normalized spacial score (nSPS) is 10.8. The van der Waals surface area contributed by atoms with E-state index in [0.29, 0.717) is 0 Å². The zero-order chi connectivity index (χ0) is 17.6. The molecule has 3 aromatic rings. The van der Waals surface area contributed by atoms with E-state index in [2.05, 4.69) is 15.6 Å². The monoisotopic (exact) mass is 333 g/mol. The highest BCUT2D eigenvalue weighted by atomic mass is 16.1. The number of rotatable bonds is 6. The Morgan fingerprint density at radius 1 is 0.960 bits per heavy atom. The van der Waals surface area contributed by atoms with Crippen molar-refractivity contribution in [3.8, 4) is 0 Å². The minimum Gasteiger partial charge on any atom is -0.354 e. The molecule has 0 spiro atoms. The van der Waals surface area contributed by atoms with Gasteiger partial charge in [-0.05, 0) is 49.2 Å². The molecule has 0 unspecified atom stereocenters. The lowest BCUT2D eigenvalue weighted by atomic mass is 10.0. The Labute approximate surface area is 148 Å². The quantitative estimate of drug-likeness (QED) is 0.639. The van der Waals surface area contributed by atoms with Crippen molar-refractivity contribution in [1.82, 2.24) is 4.98 Å². The minimum absolute atomic E-state index is 0.0690. The summed E-state index contributed by atoms with van der Waals surface area (Å²) in [6.45, 7) is 4.08. The number of anilines is 3. The van der Waals surface area contributed by atoms with Crippen LogP contribution in [-0.2, 0) is 4.79 Å². The van der Waals surface area contributed by atoms with Gasteiger partial charge in [-0.25, -0.2) is 0 Å². The van der Waals surface area contributed by atoms with E-state index in [1.54, 1.807) is 6.20 Å². The third-order valence-electron chi connectivity index (χ3n) is 4.42. The topological polar surface area (TPSA) is 54.0 Å². The van der Waals surface area contributed by atoms with Gasteiger partial charge in [0.1, 0.15) is 0 Å². The van der Waals surface area contributed by atoms with Crippen LogP contribution in [0.15, 0.2) is 60.8 Å². The molecule has 4 heteroatoms. The third-order valence-corrected chi connectivity index (χ3v) is 4.42. The highest BCUT2D eigenvalue weighted by molar-refractivity contribution is 5.93. The van der Waals surface area contributed by atoms with Gasteiger partial charge in [-0.1, -0.05) is 32.0 Å². The average molecular weight is 333 g/mol. The fourth-order valence-electron chi connectivity index (χ4n) is 2.90. The van der Waals surface area contributed by atoms with Crippen LogP contribution >= 0.6 is 0 Å². The van der Waals surface area contributed by atoms with E-state index in [9.17, 15) is 4.79 Å². The predicted molar refractivity (Wildman–Crippen MR) is 104 cm³/mol. The molecule has 0 aliphatic heterocycles. The lowest BCUT2D eigenvalue weighted by Crippen LogP contribution is -2.21. The second-order valence-electron chi connectivity index (χ2n) is 6.09. The maximum atomic E-state index is 12.2. The van der Waals surface area contributed by atoms with E-state index in [4.69, 9.17) is 0 Å². The molecular formula is C21H23N3O. The van der Waals surface area contributed by atoms with E-state index < -0.39 is 0 Å². The van der Waals surface area contributed by atoms with Crippen LogP contribution in [0, 0.1) is 5.92 Å². The number of fused-ring (bicyclic) bond motifs is 1. The molecule has 0 aliphatic carbocycles. The first-order valence-electron chi connectivity index (χ1n) is 8.73. The van der Waals surface area contributed by atoms with E-state index in [-0.39, 0.29) is 11.8 Å². The molecule has 0 atom stereocenters. The molecular weight excluding hydrogens is 310 g/mol. The van der Waals surface area contributed by atoms with Crippen molar-refractivity contribution >= 4 is 33.9 Å². The van der Waals surface area contributed by atoms with Gasteiger partial charge < -0.3 is 10.6 Å². The first kappa shape index (κ1) is 17.0. The summed E-state index contributed by atoms with van der Waals surface area (Å²) in [5, 5.41) is 7.48. The van der Waals surface area contributed by atoms with Crippen LogP contribution in [0.5, 0.6) is 0 Å². The summed E-state index contributed by atoms with van der Waals surface area (Å²) in [4.78, 5) is 16.6. The Kier molecular flexibility index (Phi) is 5.29. The fourth-order valence-corrected chi connectivity index (χ4v) is 2.90. The number of pyridine rings is 1. The SMILES string of the molecule is CCC(CC)C(=O)Nc1ccc(Nc2cccc3cccnc23)cc1. The molecule has 25 heavy (non-hydrogen) atoms. The highest BCUT2D eigenvalue weighted by Gasteiger charge is 2.13. The molecule has 4 nitrogen and oxygen atoms in total. The lowest BCUT2D eigenvalue weighted by Gasteiger charge is -2.13. The number of aromatic nitrogens is 1. The highest BCUT2D eigenvalue weighted by Crippen LogP contribution is 2.25. The lowest BCUT2D eigenvalue weighted by molar-refractivity contribution is -0.120. The van der Waals surface area contributed by atoms with Crippen LogP contribution in [0.4, 0.5) is 17.1 Å². The minimum atomic E-state index is 0.0690. The van der Waals surface area contributed by atoms with E-state index in [1.807, 2.05) is 68.4 Å². The Morgan fingerprint density at radius 2 is 1.64 bits per heavy atom. The van der Waals surface area contributed by atoms with Gasteiger partial charge in [0.05, 0.1) is 11.2 Å². The summed E-state index contributed by atoms with van der Waals surface area (Å²) >= 11 is 0. The number of benzene rings is 2. The number of amides is 1. The first-order chi connectivity index (χ1) is 12.2. The summed E-state index contributed by atoms with van der Waals surface area (Å²) in [6, 6.07) is 17.8. The Balaban J connectivity index is 1.73. The van der Waals surface area contributed by atoms with Crippen molar-refractivity contribution in [2.24, 2.45) is 5.92 Å². The second kappa shape index (κ2) is 7.79. The molecule has 1 heterocycles. The van der Waals surface area contributed by atoms with Gasteiger partial charge >= 0.3 is 0 Å². The third kappa shape index (κ3) is 3.97. The number of carbonyl (C=O) groups is 1. The maximum Gasteiger partial charge on any atom is 0.227 e. The number of carbonyl (C=O) groups excluding carboxylic acids is 1. The molecule has 0 bridgehead atoms. The van der Waals surface area contributed by atoms with Gasteiger partial charge in [-0.3, -0.25) is 9.78 Å². The zero-order valence-electron chi connectivity index (χ0n) is 14.6. The van der Waals surface area contributed by atoms with Gasteiger partial charge in [0.15, 0.2) is 0 Å². The first-order valence-corrected chi connectivity index (χ1v) is 8.73. The second-order valence-corrected chi connectivity index (χ2v) is 6.09. The Hall–Kier alpha value is -2.88. The van der Waals surface area contributed by atoms with Gasteiger partial charge in [0.25, 0.3) is 0 Å². The number of nitrogens with one attached hydrogen (secondary N) is 2. The van der Waals surface area contributed by atoms with Crippen molar-refractivity contribution in [2.45, 2.75) is 26.7 Å². The van der Waals surface area contributed by atoms with E-state index in [0.717, 1.165) is 40.8 Å². The van der Waals surface area contributed by atoms with Crippen LogP contribution < -0.4 is 10.6 Å². The van der Waals surface area contributed by atoms with Gasteiger partial charge in [-0.2, -0.15) is 0 Å². The van der Waals surface area contributed by atoms with Crippen molar-refractivity contribution in [1.29, 1.82) is 0 Å². The van der Waals surface area contributed by atoms with Crippen LogP contribution in [0.1, 0.15) is 26.7 Å². The van der Waals surface area contributed by atoms with E-state index in [1.165, 1.54) is 0 Å². The molecule has 1 aromatic heterocycles. The predicted octanol–water partition coefficient (Wildman–Crippen LogP) is 5.35. The fraction of sp³-hybridized carbons (Fsp3) is 0.238. The van der Waals surface area contributed by atoms with Crippen molar-refractivity contribution in [2.75, 3.05) is 10.6 Å². The maximum absolute atomic E-state index is 12.2. The zero-order valence-corrected chi connectivity index (χ0v) is 14.6. The van der Waals surface area contributed by atoms with Crippen LogP contribution in [0.2, 0.25) is 0 Å². The van der Waals surface area contributed by atoms with Crippen molar-refractivity contribution < 1.29 is 4.79 Å². The molecule has 128 valence electrons. The van der Waals surface area contributed by atoms with Crippen LogP contribution in [0.25, 0.3) is 10.9 Å². The molecule has 0 saturated heterocycles. The molecule has 2 aromatic carbocycles. The van der Waals surface area contributed by atoms with E-state index >= 15 is 0 Å². The molecule has 0 saturated carbocycles.